The van der Waals surface area contributed by atoms with Crippen molar-refractivity contribution >= 4 is 5.91 Å². The molecule has 0 spiro atoms. The fourth-order valence-corrected chi connectivity index (χ4v) is 2.19. The molecule has 16 heavy (non-hydrogen) atoms. The number of benzene rings is 1. The van der Waals surface area contributed by atoms with Gasteiger partial charge in [-0.1, -0.05) is 31.2 Å². The zero-order chi connectivity index (χ0) is 11.5. The van der Waals surface area contributed by atoms with Crippen molar-refractivity contribution in [3.8, 4) is 0 Å². The minimum atomic E-state index is -0.209. The molecule has 0 saturated carbocycles. The topological polar surface area (TPSA) is 46.3 Å². The van der Waals surface area contributed by atoms with E-state index in [0.29, 0.717) is 0 Å². The van der Waals surface area contributed by atoms with Crippen LogP contribution in [-0.2, 0) is 17.8 Å². The molecule has 1 aromatic rings. The highest BCUT2D eigenvalue weighted by molar-refractivity contribution is 5.76. The molecule has 0 saturated heterocycles. The smallest absolute Gasteiger partial charge is 0.221 e. The summed E-state index contributed by atoms with van der Waals surface area (Å²) in [6.45, 7) is 4.62. The number of hydrogen-bond donors (Lipinski definition) is 1. The first-order chi connectivity index (χ1) is 7.66. The minimum Gasteiger partial charge on any atom is -0.369 e. The molecule has 1 atom stereocenters. The lowest BCUT2D eigenvalue weighted by molar-refractivity contribution is -0.121. The van der Waals surface area contributed by atoms with Gasteiger partial charge in [0.25, 0.3) is 0 Å². The number of primary amides is 1. The van der Waals surface area contributed by atoms with Crippen LogP contribution in [0, 0.1) is 5.92 Å². The molecule has 3 heteroatoms. The van der Waals surface area contributed by atoms with Crippen LogP contribution in [-0.4, -0.2) is 23.9 Å². The van der Waals surface area contributed by atoms with Crippen molar-refractivity contribution in [3.05, 3.63) is 35.4 Å². The van der Waals surface area contributed by atoms with Crippen LogP contribution < -0.4 is 5.73 Å². The molecule has 1 unspecified atom stereocenters. The van der Waals surface area contributed by atoms with E-state index in [1.165, 1.54) is 11.1 Å². The Morgan fingerprint density at radius 1 is 1.44 bits per heavy atom. The van der Waals surface area contributed by atoms with Gasteiger partial charge in [-0.05, 0) is 17.5 Å². The number of carbonyl (C=O) groups is 1. The first kappa shape index (κ1) is 11.1. The number of nitrogens with two attached hydrogens (primary N) is 1. The largest absolute Gasteiger partial charge is 0.369 e. The van der Waals surface area contributed by atoms with Crippen LogP contribution in [0.5, 0.6) is 0 Å². The fraction of sp³-hybridized carbons (Fsp3) is 0.462. The SMILES string of the molecule is CC(CN1CCc2ccccc2C1)C(N)=O. The van der Waals surface area contributed by atoms with Gasteiger partial charge >= 0.3 is 0 Å². The number of fused-ring (bicyclic) bond motifs is 1. The summed E-state index contributed by atoms with van der Waals surface area (Å²) in [5.74, 6) is -0.274. The van der Waals surface area contributed by atoms with E-state index in [0.717, 1.165) is 26.1 Å². The van der Waals surface area contributed by atoms with E-state index < -0.39 is 0 Å². The predicted molar refractivity (Wildman–Crippen MR) is 63.8 cm³/mol. The highest BCUT2D eigenvalue weighted by Crippen LogP contribution is 2.19. The molecule has 0 fully saturated rings. The molecule has 1 aliphatic heterocycles. The van der Waals surface area contributed by atoms with Crippen LogP contribution in [0.3, 0.4) is 0 Å². The van der Waals surface area contributed by atoms with Crippen molar-refractivity contribution in [2.24, 2.45) is 11.7 Å². The molecule has 1 aliphatic rings. The van der Waals surface area contributed by atoms with Crippen molar-refractivity contribution in [1.29, 1.82) is 0 Å². The summed E-state index contributed by atoms with van der Waals surface area (Å²) in [7, 11) is 0. The van der Waals surface area contributed by atoms with Crippen molar-refractivity contribution in [3.63, 3.8) is 0 Å². The van der Waals surface area contributed by atoms with Crippen LogP contribution >= 0.6 is 0 Å². The lowest BCUT2D eigenvalue weighted by atomic mass is 9.99. The molecule has 3 nitrogen and oxygen atoms in total. The van der Waals surface area contributed by atoms with Crippen molar-refractivity contribution < 1.29 is 4.79 Å². The van der Waals surface area contributed by atoms with Gasteiger partial charge in [-0.3, -0.25) is 9.69 Å². The lowest BCUT2D eigenvalue weighted by Crippen LogP contribution is -2.37. The van der Waals surface area contributed by atoms with E-state index >= 15 is 0 Å². The van der Waals surface area contributed by atoms with E-state index in [4.69, 9.17) is 5.73 Å². The summed E-state index contributed by atoms with van der Waals surface area (Å²) in [6.07, 6.45) is 1.07. The van der Waals surface area contributed by atoms with Crippen LogP contribution in [0.2, 0.25) is 0 Å². The van der Waals surface area contributed by atoms with E-state index in [1.807, 2.05) is 6.92 Å². The average molecular weight is 218 g/mol. The number of amides is 1. The Bertz CT molecular complexity index is 389. The highest BCUT2D eigenvalue weighted by atomic mass is 16.1. The second-order valence-electron chi connectivity index (χ2n) is 4.56. The molecule has 2 N–H and O–H groups in total. The van der Waals surface area contributed by atoms with Gasteiger partial charge in [0.2, 0.25) is 5.91 Å². The Labute approximate surface area is 96.2 Å². The fourth-order valence-electron chi connectivity index (χ4n) is 2.19. The van der Waals surface area contributed by atoms with Crippen LogP contribution in [0.25, 0.3) is 0 Å². The molecule has 0 radical (unpaired) electrons. The van der Waals surface area contributed by atoms with E-state index in [1.54, 1.807) is 0 Å². The van der Waals surface area contributed by atoms with Crippen molar-refractivity contribution in [1.82, 2.24) is 4.90 Å². The monoisotopic (exact) mass is 218 g/mol. The number of nitrogens with zero attached hydrogens (tertiary/aromatic N) is 1. The maximum atomic E-state index is 11.0. The Morgan fingerprint density at radius 2 is 2.12 bits per heavy atom. The molecule has 1 aromatic carbocycles. The van der Waals surface area contributed by atoms with Gasteiger partial charge in [-0.2, -0.15) is 0 Å². The van der Waals surface area contributed by atoms with Gasteiger partial charge in [-0.15, -0.1) is 0 Å². The molecule has 2 rings (SSSR count). The molecule has 0 aliphatic carbocycles. The average Bonchev–Trinajstić information content (AvgIpc) is 2.28. The van der Waals surface area contributed by atoms with Crippen LogP contribution in [0.1, 0.15) is 18.1 Å². The third-order valence-corrected chi connectivity index (χ3v) is 3.23. The third-order valence-electron chi connectivity index (χ3n) is 3.23. The van der Waals surface area contributed by atoms with Crippen molar-refractivity contribution in [2.45, 2.75) is 19.9 Å². The van der Waals surface area contributed by atoms with Crippen molar-refractivity contribution in [2.75, 3.05) is 13.1 Å². The quantitative estimate of drug-likeness (QED) is 0.827. The molecule has 0 bridgehead atoms. The summed E-state index contributed by atoms with van der Waals surface area (Å²) in [5, 5.41) is 0. The van der Waals surface area contributed by atoms with E-state index in [2.05, 4.69) is 29.2 Å². The zero-order valence-electron chi connectivity index (χ0n) is 9.65. The maximum absolute atomic E-state index is 11.0. The zero-order valence-corrected chi connectivity index (χ0v) is 9.65. The Balaban J connectivity index is 2.00. The number of rotatable bonds is 3. The second-order valence-corrected chi connectivity index (χ2v) is 4.56. The van der Waals surface area contributed by atoms with Gasteiger partial charge < -0.3 is 5.73 Å². The lowest BCUT2D eigenvalue weighted by Gasteiger charge is -2.30. The summed E-state index contributed by atoms with van der Waals surface area (Å²) in [5.41, 5.74) is 8.10. The Kier molecular flexibility index (Phi) is 3.25. The first-order valence-electron chi connectivity index (χ1n) is 5.75. The summed E-state index contributed by atoms with van der Waals surface area (Å²) < 4.78 is 0. The maximum Gasteiger partial charge on any atom is 0.221 e. The van der Waals surface area contributed by atoms with Gasteiger partial charge in [0, 0.05) is 25.6 Å². The van der Waals surface area contributed by atoms with Crippen LogP contribution in [0.15, 0.2) is 24.3 Å². The second kappa shape index (κ2) is 4.66. The normalized spacial score (nSPS) is 17.8. The van der Waals surface area contributed by atoms with Crippen LogP contribution in [0.4, 0.5) is 0 Å². The van der Waals surface area contributed by atoms with E-state index in [-0.39, 0.29) is 11.8 Å². The van der Waals surface area contributed by atoms with Gasteiger partial charge in [0.1, 0.15) is 0 Å². The molecule has 1 amide bonds. The van der Waals surface area contributed by atoms with Gasteiger partial charge in [0.05, 0.1) is 0 Å². The predicted octanol–water partition coefficient (Wildman–Crippen LogP) is 1.17. The highest BCUT2D eigenvalue weighted by Gasteiger charge is 2.19. The third kappa shape index (κ3) is 2.42. The summed E-state index contributed by atoms with van der Waals surface area (Å²) in [6, 6.07) is 8.50. The molecular weight excluding hydrogens is 200 g/mol. The first-order valence-corrected chi connectivity index (χ1v) is 5.75. The van der Waals surface area contributed by atoms with Gasteiger partial charge in [-0.25, -0.2) is 0 Å². The van der Waals surface area contributed by atoms with Gasteiger partial charge in [0.15, 0.2) is 0 Å². The molecule has 1 heterocycles. The Morgan fingerprint density at radius 3 is 2.81 bits per heavy atom. The number of carbonyl (C=O) groups excluding carboxylic acids is 1. The minimum absolute atomic E-state index is 0.0646. The summed E-state index contributed by atoms with van der Waals surface area (Å²) >= 11 is 0. The number of hydrogen-bond acceptors (Lipinski definition) is 2. The standard InChI is InChI=1S/C13H18N2O/c1-10(13(14)16)8-15-7-6-11-4-2-3-5-12(11)9-15/h2-5,10H,6-9H2,1H3,(H2,14,16). The molecule has 0 aromatic heterocycles. The molecule has 86 valence electrons. The summed E-state index contributed by atoms with van der Waals surface area (Å²) in [4.78, 5) is 13.3. The molecular formula is C13H18N2O. The van der Waals surface area contributed by atoms with E-state index in [9.17, 15) is 4.79 Å². The Hall–Kier alpha value is -1.35.